The Hall–Kier alpha value is -2.02. The van der Waals surface area contributed by atoms with E-state index in [0.717, 1.165) is 0 Å². The first kappa shape index (κ1) is 27.0. The van der Waals surface area contributed by atoms with Gasteiger partial charge in [0.25, 0.3) is 0 Å². The Morgan fingerprint density at radius 2 is 1.48 bits per heavy atom. The van der Waals surface area contributed by atoms with Gasteiger partial charge in [0.05, 0.1) is 11.5 Å². The molecule has 0 heterocycles. The van der Waals surface area contributed by atoms with Gasteiger partial charge < -0.3 is 18.9 Å². The molecule has 0 aliphatic heterocycles. The minimum Gasteiger partial charge on any atom is -0.472 e. The van der Waals surface area contributed by atoms with Crippen LogP contribution in [0.1, 0.15) is 72.2 Å². The maximum absolute atomic E-state index is 12.6. The summed E-state index contributed by atoms with van der Waals surface area (Å²) in [5, 5.41) is 0. The van der Waals surface area contributed by atoms with Gasteiger partial charge in [0, 0.05) is 6.61 Å². The van der Waals surface area contributed by atoms with E-state index in [1.165, 1.54) is 0 Å². The fourth-order valence-electron chi connectivity index (χ4n) is 3.03. The van der Waals surface area contributed by atoms with Gasteiger partial charge in [-0.15, -0.1) is 0 Å². The van der Waals surface area contributed by atoms with E-state index in [9.17, 15) is 9.59 Å². The maximum Gasteiger partial charge on any atom is 0.338 e. The third-order valence-corrected chi connectivity index (χ3v) is 4.55. The molecule has 0 saturated carbocycles. The molecule has 0 amide bonds. The minimum absolute atomic E-state index is 0.00329. The number of benzene rings is 1. The molecule has 0 aliphatic carbocycles. The molecule has 2 atom stereocenters. The van der Waals surface area contributed by atoms with Crippen LogP contribution in [0.4, 0.5) is 0 Å². The SMILES string of the molecule is [B]C(C)(OCC)Oc1ccc(C(=O)OCCOC(=O)C(CC(C)(C)C)C(C)(C)C)cc1. The van der Waals surface area contributed by atoms with Gasteiger partial charge in [-0.1, -0.05) is 41.5 Å². The molecule has 7 heteroatoms. The van der Waals surface area contributed by atoms with Crippen molar-refractivity contribution in [2.45, 2.75) is 67.5 Å². The van der Waals surface area contributed by atoms with Gasteiger partial charge in [-0.2, -0.15) is 0 Å². The maximum atomic E-state index is 12.6. The normalized spacial score (nSPS) is 15.0. The third-order valence-electron chi connectivity index (χ3n) is 4.55. The highest BCUT2D eigenvalue weighted by atomic mass is 16.7. The predicted octanol–water partition coefficient (Wildman–Crippen LogP) is 4.74. The molecular formula is C24H37BO6. The fraction of sp³-hybridized carbons (Fsp3) is 0.667. The molecule has 0 saturated heterocycles. The monoisotopic (exact) mass is 432 g/mol. The molecule has 0 spiro atoms. The zero-order valence-electron chi connectivity index (χ0n) is 20.2. The lowest BCUT2D eigenvalue weighted by atomic mass is 9.72. The molecule has 1 aromatic rings. The summed E-state index contributed by atoms with van der Waals surface area (Å²) in [6.45, 7) is 16.2. The molecule has 0 N–H and O–H groups in total. The molecule has 31 heavy (non-hydrogen) atoms. The van der Waals surface area contributed by atoms with Crippen molar-refractivity contribution in [1.29, 1.82) is 0 Å². The highest BCUT2D eigenvalue weighted by Crippen LogP contribution is 2.36. The smallest absolute Gasteiger partial charge is 0.338 e. The van der Waals surface area contributed by atoms with Crippen LogP contribution in [-0.2, 0) is 19.0 Å². The molecular weight excluding hydrogens is 395 g/mol. The Morgan fingerprint density at radius 1 is 0.935 bits per heavy atom. The standard InChI is InChI=1S/C24H37BO6/c1-9-30-24(8,25)31-18-12-10-17(11-13-18)20(26)28-14-15-29-21(27)19(23(5,6)7)16-22(2,3)4/h10-13,19H,9,14-16H2,1-8H3. The van der Waals surface area contributed by atoms with Crippen LogP contribution < -0.4 is 4.74 Å². The van der Waals surface area contributed by atoms with E-state index in [-0.39, 0.29) is 35.9 Å². The van der Waals surface area contributed by atoms with Crippen LogP contribution in [0.2, 0.25) is 0 Å². The highest BCUT2D eigenvalue weighted by molar-refractivity contribution is 6.13. The van der Waals surface area contributed by atoms with Gasteiger partial charge in [-0.05, 0) is 55.4 Å². The summed E-state index contributed by atoms with van der Waals surface area (Å²) < 4.78 is 21.4. The van der Waals surface area contributed by atoms with Gasteiger partial charge in [0.2, 0.25) is 0 Å². The number of hydrogen-bond donors (Lipinski definition) is 0. The van der Waals surface area contributed by atoms with Crippen LogP contribution in [-0.4, -0.2) is 45.3 Å². The molecule has 2 radical (unpaired) electrons. The van der Waals surface area contributed by atoms with Crippen LogP contribution in [0.3, 0.4) is 0 Å². The van der Waals surface area contributed by atoms with Crippen molar-refractivity contribution in [3.8, 4) is 5.75 Å². The number of carbonyl (C=O) groups is 2. The number of hydrogen-bond acceptors (Lipinski definition) is 6. The van der Waals surface area contributed by atoms with Crippen LogP contribution in [0.15, 0.2) is 24.3 Å². The van der Waals surface area contributed by atoms with E-state index in [4.69, 9.17) is 26.8 Å². The van der Waals surface area contributed by atoms with Crippen molar-refractivity contribution in [1.82, 2.24) is 0 Å². The molecule has 0 aliphatic rings. The summed E-state index contributed by atoms with van der Waals surface area (Å²) in [7, 11) is 5.87. The van der Waals surface area contributed by atoms with Crippen molar-refractivity contribution in [2.75, 3.05) is 19.8 Å². The van der Waals surface area contributed by atoms with E-state index >= 15 is 0 Å². The average molecular weight is 432 g/mol. The molecule has 1 rings (SSSR count). The van der Waals surface area contributed by atoms with Crippen LogP contribution >= 0.6 is 0 Å². The van der Waals surface area contributed by atoms with E-state index in [2.05, 4.69) is 20.8 Å². The van der Waals surface area contributed by atoms with E-state index < -0.39 is 11.7 Å². The second-order valence-corrected chi connectivity index (χ2v) is 10.1. The lowest BCUT2D eigenvalue weighted by Crippen LogP contribution is -2.36. The van der Waals surface area contributed by atoms with Gasteiger partial charge in [-0.25, -0.2) is 4.79 Å². The van der Waals surface area contributed by atoms with Gasteiger partial charge in [-0.3, -0.25) is 4.79 Å². The van der Waals surface area contributed by atoms with Gasteiger partial charge >= 0.3 is 11.9 Å². The molecule has 1 aromatic carbocycles. The first-order valence-corrected chi connectivity index (χ1v) is 10.7. The first-order chi connectivity index (χ1) is 14.1. The summed E-state index contributed by atoms with van der Waals surface area (Å²) in [5.41, 5.74) is -1.11. The molecule has 0 fully saturated rings. The molecule has 2 unspecified atom stereocenters. The Morgan fingerprint density at radius 3 is 1.97 bits per heavy atom. The summed E-state index contributed by atoms with van der Waals surface area (Å²) >= 11 is 0. The summed E-state index contributed by atoms with van der Waals surface area (Å²) in [6, 6.07) is 6.37. The lowest BCUT2D eigenvalue weighted by Gasteiger charge is -2.33. The van der Waals surface area contributed by atoms with Crippen molar-refractivity contribution >= 4 is 19.8 Å². The zero-order valence-corrected chi connectivity index (χ0v) is 20.2. The minimum atomic E-state index is -1.25. The summed E-state index contributed by atoms with van der Waals surface area (Å²) in [6.07, 6.45) is 0.717. The highest BCUT2D eigenvalue weighted by Gasteiger charge is 2.35. The van der Waals surface area contributed by atoms with Crippen LogP contribution in [0.25, 0.3) is 0 Å². The van der Waals surface area contributed by atoms with Crippen molar-refractivity contribution in [3.05, 3.63) is 29.8 Å². The van der Waals surface area contributed by atoms with E-state index in [0.29, 0.717) is 24.3 Å². The Bertz CT molecular complexity index is 713. The Labute approximate surface area is 188 Å². The van der Waals surface area contributed by atoms with Crippen LogP contribution in [0, 0.1) is 16.7 Å². The Kier molecular flexibility index (Phi) is 9.61. The zero-order chi connectivity index (χ0) is 23.9. The van der Waals surface area contributed by atoms with Gasteiger partial charge in [0.15, 0.2) is 13.5 Å². The van der Waals surface area contributed by atoms with Crippen molar-refractivity contribution in [3.63, 3.8) is 0 Å². The van der Waals surface area contributed by atoms with E-state index in [1.807, 2.05) is 27.7 Å². The second kappa shape index (κ2) is 11.0. The third kappa shape index (κ3) is 10.2. The number of carbonyl (C=O) groups excluding carboxylic acids is 2. The topological polar surface area (TPSA) is 71.1 Å². The molecule has 6 nitrogen and oxygen atoms in total. The largest absolute Gasteiger partial charge is 0.472 e. The van der Waals surface area contributed by atoms with Gasteiger partial charge in [0.1, 0.15) is 19.0 Å². The lowest BCUT2D eigenvalue weighted by molar-refractivity contribution is -0.155. The van der Waals surface area contributed by atoms with Crippen LogP contribution in [0.5, 0.6) is 5.75 Å². The van der Waals surface area contributed by atoms with Crippen molar-refractivity contribution < 1.29 is 28.5 Å². The number of ether oxygens (including phenoxy) is 4. The quantitative estimate of drug-likeness (QED) is 0.230. The number of rotatable bonds is 10. The van der Waals surface area contributed by atoms with E-state index in [1.54, 1.807) is 31.2 Å². The summed E-state index contributed by atoms with van der Waals surface area (Å²) in [4.78, 5) is 24.8. The Balaban J connectivity index is 2.53. The molecule has 172 valence electrons. The number of esters is 2. The first-order valence-electron chi connectivity index (χ1n) is 10.7. The fourth-order valence-corrected chi connectivity index (χ4v) is 3.03. The summed E-state index contributed by atoms with van der Waals surface area (Å²) in [5.74, 6) is -0.541. The molecule has 0 bridgehead atoms. The second-order valence-electron chi connectivity index (χ2n) is 10.1. The molecule has 0 aromatic heterocycles. The van der Waals surface area contributed by atoms with Crippen molar-refractivity contribution in [2.24, 2.45) is 16.7 Å². The predicted molar refractivity (Wildman–Crippen MR) is 121 cm³/mol. The average Bonchev–Trinajstić information content (AvgIpc) is 2.61.